The number of nitrogens with zero attached hydrogens (tertiary/aromatic N) is 1. The minimum Gasteiger partial charge on any atom is -0.490 e. The van der Waals surface area contributed by atoms with Gasteiger partial charge in [0.05, 0.1) is 20.8 Å². The van der Waals surface area contributed by atoms with Crippen LogP contribution in [0.15, 0.2) is 65.3 Å². The fourth-order valence-electron chi connectivity index (χ4n) is 3.20. The predicted molar refractivity (Wildman–Crippen MR) is 151 cm³/mol. The zero-order valence-corrected chi connectivity index (χ0v) is 23.6. The molecule has 0 spiro atoms. The molecule has 1 aliphatic heterocycles. The fourth-order valence-corrected chi connectivity index (χ4v) is 5.08. The molecule has 5 nitrogen and oxygen atoms in total. The summed E-state index contributed by atoms with van der Waals surface area (Å²) >= 11 is 16.7. The highest BCUT2D eigenvalue weighted by Crippen LogP contribution is 2.36. The van der Waals surface area contributed by atoms with Gasteiger partial charge in [-0.3, -0.25) is 0 Å². The van der Waals surface area contributed by atoms with E-state index in [9.17, 15) is 4.79 Å². The van der Waals surface area contributed by atoms with Gasteiger partial charge in [0, 0.05) is 8.59 Å². The SMILES string of the molecule is CCOc1cc(/C=C2\N=C(c3ccc(Cl)cc3Cl)OC2=O)cc(I)c1OCc1cccc(I)c1. The summed E-state index contributed by atoms with van der Waals surface area (Å²) in [6.45, 7) is 2.78. The van der Waals surface area contributed by atoms with E-state index < -0.39 is 5.97 Å². The second-order valence-corrected chi connectivity index (χ2v) is 10.4. The molecule has 1 aliphatic rings. The molecule has 4 rings (SSSR count). The summed E-state index contributed by atoms with van der Waals surface area (Å²) in [6, 6.07) is 16.7. The molecule has 0 amide bonds. The average Bonchev–Trinajstić information content (AvgIpc) is 3.13. The smallest absolute Gasteiger partial charge is 0.363 e. The lowest BCUT2D eigenvalue weighted by Gasteiger charge is -2.15. The van der Waals surface area contributed by atoms with Gasteiger partial charge in [0.25, 0.3) is 0 Å². The molecule has 0 N–H and O–H groups in total. The zero-order chi connectivity index (χ0) is 24.2. The van der Waals surface area contributed by atoms with E-state index in [-0.39, 0.29) is 11.6 Å². The van der Waals surface area contributed by atoms with Crippen LogP contribution in [0, 0.1) is 7.14 Å². The molecule has 3 aromatic carbocycles. The minimum absolute atomic E-state index is 0.134. The van der Waals surface area contributed by atoms with Crippen molar-refractivity contribution in [3.8, 4) is 11.5 Å². The monoisotopic (exact) mass is 719 g/mol. The van der Waals surface area contributed by atoms with Crippen LogP contribution in [0.1, 0.15) is 23.6 Å². The van der Waals surface area contributed by atoms with Crippen molar-refractivity contribution >= 4 is 86.3 Å². The van der Waals surface area contributed by atoms with Gasteiger partial charge in [-0.1, -0.05) is 35.3 Å². The Morgan fingerprint density at radius 1 is 1.06 bits per heavy atom. The first-order valence-corrected chi connectivity index (χ1v) is 13.1. The molecule has 0 aromatic heterocycles. The largest absolute Gasteiger partial charge is 0.490 e. The van der Waals surface area contributed by atoms with Crippen LogP contribution in [-0.2, 0) is 16.1 Å². The van der Waals surface area contributed by atoms with Gasteiger partial charge < -0.3 is 14.2 Å². The van der Waals surface area contributed by atoms with E-state index in [1.54, 1.807) is 24.3 Å². The molecule has 0 saturated carbocycles. The van der Waals surface area contributed by atoms with Crippen molar-refractivity contribution in [2.24, 2.45) is 4.99 Å². The topological polar surface area (TPSA) is 57.1 Å². The Morgan fingerprint density at radius 2 is 1.88 bits per heavy atom. The second kappa shape index (κ2) is 11.3. The van der Waals surface area contributed by atoms with Crippen molar-refractivity contribution in [3.63, 3.8) is 0 Å². The third kappa shape index (κ3) is 6.05. The summed E-state index contributed by atoms with van der Waals surface area (Å²) in [5.74, 6) is 0.806. The van der Waals surface area contributed by atoms with E-state index in [0.717, 1.165) is 18.3 Å². The summed E-state index contributed by atoms with van der Waals surface area (Å²) in [4.78, 5) is 16.8. The second-order valence-electron chi connectivity index (χ2n) is 7.14. The first kappa shape index (κ1) is 25.3. The number of carbonyl (C=O) groups is 1. The molecule has 3 aromatic rings. The van der Waals surface area contributed by atoms with E-state index >= 15 is 0 Å². The van der Waals surface area contributed by atoms with Crippen LogP contribution in [0.25, 0.3) is 6.08 Å². The first-order valence-electron chi connectivity index (χ1n) is 10.2. The van der Waals surface area contributed by atoms with Gasteiger partial charge in [0.2, 0.25) is 5.90 Å². The van der Waals surface area contributed by atoms with Crippen LogP contribution in [0.3, 0.4) is 0 Å². The molecule has 34 heavy (non-hydrogen) atoms. The Balaban J connectivity index is 1.62. The van der Waals surface area contributed by atoms with Gasteiger partial charge in [-0.25, -0.2) is 9.79 Å². The van der Waals surface area contributed by atoms with E-state index in [0.29, 0.717) is 40.3 Å². The van der Waals surface area contributed by atoms with Crippen LogP contribution in [0.4, 0.5) is 0 Å². The van der Waals surface area contributed by atoms with Gasteiger partial charge in [-0.2, -0.15) is 0 Å². The van der Waals surface area contributed by atoms with Crippen molar-refractivity contribution in [3.05, 3.63) is 94.2 Å². The maximum atomic E-state index is 12.5. The van der Waals surface area contributed by atoms with Crippen molar-refractivity contribution in [2.75, 3.05) is 6.61 Å². The summed E-state index contributed by atoms with van der Waals surface area (Å²) in [5.41, 5.74) is 2.44. The first-order chi connectivity index (χ1) is 16.3. The van der Waals surface area contributed by atoms with Crippen LogP contribution < -0.4 is 9.47 Å². The maximum absolute atomic E-state index is 12.5. The molecule has 1 heterocycles. The van der Waals surface area contributed by atoms with Crippen LogP contribution in [0.5, 0.6) is 11.5 Å². The standard InChI is InChI=1S/C25H17Cl2I2NO4/c1-2-32-22-11-15(9-20(29)23(22)33-13-14-4-3-5-17(28)8-14)10-21-25(31)34-24(30-21)18-7-6-16(26)12-19(18)27/h3-12H,2,13H2,1H3/b21-10-. The van der Waals surface area contributed by atoms with Gasteiger partial charge in [-0.05, 0) is 112 Å². The number of ether oxygens (including phenoxy) is 3. The average molecular weight is 720 g/mol. The lowest BCUT2D eigenvalue weighted by Crippen LogP contribution is -2.06. The Bertz CT molecular complexity index is 1320. The number of halogens is 4. The highest BCUT2D eigenvalue weighted by molar-refractivity contribution is 14.1. The summed E-state index contributed by atoms with van der Waals surface area (Å²) in [7, 11) is 0. The third-order valence-electron chi connectivity index (χ3n) is 4.69. The highest BCUT2D eigenvalue weighted by Gasteiger charge is 2.26. The Labute approximate surface area is 234 Å². The Kier molecular flexibility index (Phi) is 8.39. The molecule has 0 radical (unpaired) electrons. The quantitative estimate of drug-likeness (QED) is 0.144. The molecule has 0 unspecified atom stereocenters. The minimum atomic E-state index is -0.562. The molecule has 9 heteroatoms. The summed E-state index contributed by atoms with van der Waals surface area (Å²) < 4.78 is 19.3. The normalized spacial score (nSPS) is 14.2. The van der Waals surface area contributed by atoms with Crippen LogP contribution in [-0.4, -0.2) is 18.5 Å². The predicted octanol–water partition coefficient (Wildman–Crippen LogP) is 7.52. The number of carbonyl (C=O) groups excluding carboxylic acids is 1. The number of cyclic esters (lactones) is 1. The fraction of sp³-hybridized carbons (Fsp3) is 0.120. The molecule has 0 atom stereocenters. The number of esters is 1. The van der Waals surface area contributed by atoms with E-state index in [1.807, 2.05) is 37.3 Å². The Hall–Kier alpha value is -1.82. The molecule has 0 fully saturated rings. The summed E-state index contributed by atoms with van der Waals surface area (Å²) in [5, 5.41) is 0.833. The zero-order valence-electron chi connectivity index (χ0n) is 17.8. The lowest BCUT2D eigenvalue weighted by molar-refractivity contribution is -0.129. The number of hydrogen-bond donors (Lipinski definition) is 0. The van der Waals surface area contributed by atoms with Crippen LogP contribution in [0.2, 0.25) is 10.0 Å². The molecular formula is C25H17Cl2I2NO4. The molecule has 174 valence electrons. The van der Waals surface area contributed by atoms with Gasteiger partial charge in [0.15, 0.2) is 17.2 Å². The van der Waals surface area contributed by atoms with E-state index in [4.69, 9.17) is 37.4 Å². The van der Waals surface area contributed by atoms with Crippen molar-refractivity contribution in [1.29, 1.82) is 0 Å². The number of benzene rings is 3. The van der Waals surface area contributed by atoms with Crippen LogP contribution >= 0.6 is 68.4 Å². The van der Waals surface area contributed by atoms with Crippen molar-refractivity contribution in [1.82, 2.24) is 0 Å². The third-order valence-corrected chi connectivity index (χ3v) is 6.71. The van der Waals surface area contributed by atoms with Gasteiger partial charge in [0.1, 0.15) is 6.61 Å². The van der Waals surface area contributed by atoms with Crippen molar-refractivity contribution in [2.45, 2.75) is 13.5 Å². The van der Waals surface area contributed by atoms with Gasteiger partial charge >= 0.3 is 5.97 Å². The Morgan fingerprint density at radius 3 is 2.62 bits per heavy atom. The molecule has 0 bridgehead atoms. The number of hydrogen-bond acceptors (Lipinski definition) is 5. The van der Waals surface area contributed by atoms with Gasteiger partial charge in [-0.15, -0.1) is 0 Å². The van der Waals surface area contributed by atoms with Crippen molar-refractivity contribution < 1.29 is 19.0 Å². The highest BCUT2D eigenvalue weighted by atomic mass is 127. The number of rotatable bonds is 7. The molecule has 0 saturated heterocycles. The van der Waals surface area contributed by atoms with E-state index in [2.05, 4.69) is 56.2 Å². The van der Waals surface area contributed by atoms with E-state index in [1.165, 1.54) is 0 Å². The maximum Gasteiger partial charge on any atom is 0.363 e. The molecule has 0 aliphatic carbocycles. The number of aliphatic imine (C=N–C) groups is 1. The molecular weight excluding hydrogens is 703 g/mol. The summed E-state index contributed by atoms with van der Waals surface area (Å²) in [6.07, 6.45) is 1.65. The lowest BCUT2D eigenvalue weighted by atomic mass is 10.1.